The number of ether oxygens (including phenoxy) is 1. The molecule has 3 N–H and O–H groups in total. The zero-order valence-corrected chi connectivity index (χ0v) is 13.7. The van der Waals surface area contributed by atoms with Crippen molar-refractivity contribution >= 4 is 24.3 Å². The minimum Gasteiger partial charge on any atom is -0.464 e. The Morgan fingerprint density at radius 3 is 2.50 bits per heavy atom. The molecule has 0 saturated heterocycles. The first kappa shape index (κ1) is 20.2. The van der Waals surface area contributed by atoms with Gasteiger partial charge >= 0.3 is 12.1 Å². The Morgan fingerprint density at radius 1 is 1.38 bits per heavy atom. The maximum absolute atomic E-state index is 12.7. The van der Waals surface area contributed by atoms with Gasteiger partial charge in [-0.05, 0) is 37.5 Å². The molecule has 1 amide bonds. The fraction of sp³-hybridized carbons (Fsp3) is 0.467. The monoisotopic (exact) mass is 366 g/mol. The van der Waals surface area contributed by atoms with Crippen LogP contribution in [0.4, 0.5) is 13.2 Å². The highest BCUT2D eigenvalue weighted by Gasteiger charge is 2.53. The van der Waals surface area contributed by atoms with Crippen molar-refractivity contribution in [1.82, 2.24) is 5.32 Å². The van der Waals surface area contributed by atoms with Gasteiger partial charge in [-0.2, -0.15) is 13.2 Å². The van der Waals surface area contributed by atoms with Gasteiger partial charge < -0.3 is 15.8 Å². The molecule has 1 atom stereocenters. The van der Waals surface area contributed by atoms with Crippen LogP contribution in [0.2, 0.25) is 0 Å². The van der Waals surface area contributed by atoms with Crippen molar-refractivity contribution in [2.75, 3.05) is 6.61 Å². The lowest BCUT2D eigenvalue weighted by atomic mass is 10.0. The molecule has 0 bridgehead atoms. The Labute approximate surface area is 143 Å². The number of alkyl halides is 3. The Balaban J connectivity index is 0.00000288. The highest BCUT2D eigenvalue weighted by molar-refractivity contribution is 5.93. The van der Waals surface area contributed by atoms with Crippen molar-refractivity contribution in [2.45, 2.75) is 37.5 Å². The molecule has 2 rings (SSSR count). The average molecular weight is 367 g/mol. The molecule has 24 heavy (non-hydrogen) atoms. The number of halogens is 4. The highest BCUT2D eigenvalue weighted by atomic mass is 35.5. The molecule has 0 radical (unpaired) electrons. The lowest BCUT2D eigenvalue weighted by Gasteiger charge is -2.19. The van der Waals surface area contributed by atoms with E-state index in [9.17, 15) is 22.8 Å². The number of benzene rings is 1. The van der Waals surface area contributed by atoms with Crippen LogP contribution >= 0.6 is 12.4 Å². The van der Waals surface area contributed by atoms with E-state index in [2.05, 4.69) is 5.32 Å². The number of carbonyl (C=O) groups is 2. The summed E-state index contributed by atoms with van der Waals surface area (Å²) in [4.78, 5) is 23.9. The van der Waals surface area contributed by atoms with Crippen LogP contribution in [0.3, 0.4) is 0 Å². The maximum atomic E-state index is 12.7. The largest absolute Gasteiger partial charge is 0.464 e. The first-order valence-corrected chi connectivity index (χ1v) is 7.11. The quantitative estimate of drug-likeness (QED) is 0.784. The van der Waals surface area contributed by atoms with Gasteiger partial charge in [0.05, 0.1) is 12.2 Å². The fourth-order valence-electron chi connectivity index (χ4n) is 2.15. The molecule has 1 aliphatic rings. The normalized spacial score (nSPS) is 16.5. The molecule has 0 spiro atoms. The minimum atomic E-state index is -4.52. The Morgan fingerprint density at radius 2 is 2.00 bits per heavy atom. The van der Waals surface area contributed by atoms with Gasteiger partial charge in [-0.1, -0.05) is 12.1 Å². The van der Waals surface area contributed by atoms with E-state index < -0.39 is 35.2 Å². The molecule has 0 heterocycles. The number of carbonyl (C=O) groups excluding carboxylic acids is 2. The van der Waals surface area contributed by atoms with Crippen LogP contribution in [0.25, 0.3) is 0 Å². The van der Waals surface area contributed by atoms with Crippen molar-refractivity contribution < 1.29 is 27.5 Å². The van der Waals surface area contributed by atoms with Crippen LogP contribution in [0.5, 0.6) is 0 Å². The van der Waals surface area contributed by atoms with Crippen molar-refractivity contribution in [3.8, 4) is 0 Å². The van der Waals surface area contributed by atoms with E-state index in [1.807, 2.05) is 0 Å². The van der Waals surface area contributed by atoms with Gasteiger partial charge in [0.1, 0.15) is 11.6 Å². The molecule has 5 nitrogen and oxygen atoms in total. The predicted molar refractivity (Wildman–Crippen MR) is 82.4 cm³/mol. The summed E-state index contributed by atoms with van der Waals surface area (Å²) in [5.41, 5.74) is 3.78. The SMILES string of the molecule is CCOC(=O)C1(NC(=O)C(N)c2cccc(C(F)(F)F)c2)CC1.Cl. The lowest BCUT2D eigenvalue weighted by Crippen LogP contribution is -2.47. The van der Waals surface area contributed by atoms with Crippen molar-refractivity contribution in [2.24, 2.45) is 5.73 Å². The zero-order chi connectivity index (χ0) is 17.3. The van der Waals surface area contributed by atoms with E-state index >= 15 is 0 Å². The van der Waals surface area contributed by atoms with Crippen molar-refractivity contribution in [1.29, 1.82) is 0 Å². The van der Waals surface area contributed by atoms with Crippen LogP contribution in [-0.4, -0.2) is 24.0 Å². The zero-order valence-electron chi connectivity index (χ0n) is 12.9. The molecule has 1 aromatic carbocycles. The summed E-state index contributed by atoms with van der Waals surface area (Å²) in [5.74, 6) is -1.26. The lowest BCUT2D eigenvalue weighted by molar-refractivity contribution is -0.149. The average Bonchev–Trinajstić information content (AvgIpc) is 3.27. The number of rotatable bonds is 5. The van der Waals surface area contributed by atoms with Gasteiger partial charge in [0, 0.05) is 0 Å². The second kappa shape index (κ2) is 7.40. The van der Waals surface area contributed by atoms with E-state index in [1.165, 1.54) is 12.1 Å². The summed E-state index contributed by atoms with van der Waals surface area (Å²) >= 11 is 0. The van der Waals surface area contributed by atoms with Gasteiger partial charge in [0.25, 0.3) is 0 Å². The Hall–Kier alpha value is -1.80. The summed E-state index contributed by atoms with van der Waals surface area (Å²) in [6.07, 6.45) is -3.67. The fourth-order valence-corrected chi connectivity index (χ4v) is 2.15. The van der Waals surface area contributed by atoms with Gasteiger partial charge in [-0.15, -0.1) is 12.4 Å². The summed E-state index contributed by atoms with van der Waals surface area (Å²) in [6, 6.07) is 2.94. The molecular weight excluding hydrogens is 349 g/mol. The number of nitrogens with one attached hydrogen (secondary N) is 1. The molecule has 1 aliphatic carbocycles. The van der Waals surface area contributed by atoms with Crippen LogP contribution in [0, 0.1) is 0 Å². The number of hydrogen-bond acceptors (Lipinski definition) is 4. The highest BCUT2D eigenvalue weighted by Crippen LogP contribution is 2.37. The van der Waals surface area contributed by atoms with Crippen LogP contribution in [0.15, 0.2) is 24.3 Å². The van der Waals surface area contributed by atoms with E-state index in [0.717, 1.165) is 12.1 Å². The molecular formula is C15H18ClF3N2O3. The topological polar surface area (TPSA) is 81.4 Å². The molecule has 1 fully saturated rings. The Kier molecular flexibility index (Phi) is 6.24. The Bertz CT molecular complexity index is 618. The number of amides is 1. The third kappa shape index (κ3) is 4.39. The number of esters is 1. The van der Waals surface area contributed by atoms with Crippen LogP contribution < -0.4 is 11.1 Å². The standard InChI is InChI=1S/C15H17F3N2O3.ClH/c1-2-23-13(22)14(6-7-14)20-12(21)11(19)9-4-3-5-10(8-9)15(16,17)18;/h3-5,8,11H,2,6-7,19H2,1H3,(H,20,21);1H. The first-order valence-electron chi connectivity index (χ1n) is 7.11. The van der Waals surface area contributed by atoms with E-state index in [4.69, 9.17) is 10.5 Å². The van der Waals surface area contributed by atoms with E-state index in [1.54, 1.807) is 6.92 Å². The molecule has 1 aromatic rings. The molecule has 9 heteroatoms. The second-order valence-electron chi connectivity index (χ2n) is 5.39. The maximum Gasteiger partial charge on any atom is 0.416 e. The smallest absolute Gasteiger partial charge is 0.416 e. The molecule has 0 aromatic heterocycles. The van der Waals surface area contributed by atoms with Gasteiger partial charge in [-0.25, -0.2) is 4.79 Å². The summed E-state index contributed by atoms with van der Waals surface area (Å²) in [7, 11) is 0. The summed E-state index contributed by atoms with van der Waals surface area (Å²) < 4.78 is 43.0. The summed E-state index contributed by atoms with van der Waals surface area (Å²) in [6.45, 7) is 1.82. The molecule has 1 saturated carbocycles. The summed E-state index contributed by atoms with van der Waals surface area (Å²) in [5, 5.41) is 2.49. The number of hydrogen-bond donors (Lipinski definition) is 2. The third-order valence-electron chi connectivity index (χ3n) is 3.63. The van der Waals surface area contributed by atoms with E-state index in [-0.39, 0.29) is 24.6 Å². The van der Waals surface area contributed by atoms with Gasteiger partial charge in [0.2, 0.25) is 5.91 Å². The molecule has 134 valence electrons. The molecule has 1 unspecified atom stereocenters. The first-order chi connectivity index (χ1) is 10.7. The third-order valence-corrected chi connectivity index (χ3v) is 3.63. The molecule has 0 aliphatic heterocycles. The second-order valence-corrected chi connectivity index (χ2v) is 5.39. The minimum absolute atomic E-state index is 0. The predicted octanol–water partition coefficient (Wildman–Crippen LogP) is 2.34. The van der Waals surface area contributed by atoms with Crippen molar-refractivity contribution in [3.63, 3.8) is 0 Å². The van der Waals surface area contributed by atoms with Gasteiger partial charge in [-0.3, -0.25) is 4.79 Å². The van der Waals surface area contributed by atoms with Crippen LogP contribution in [0.1, 0.15) is 36.9 Å². The van der Waals surface area contributed by atoms with Crippen molar-refractivity contribution in [3.05, 3.63) is 35.4 Å². The van der Waals surface area contributed by atoms with Gasteiger partial charge in [0.15, 0.2) is 0 Å². The van der Waals surface area contributed by atoms with Crippen LogP contribution in [-0.2, 0) is 20.5 Å². The van der Waals surface area contributed by atoms with E-state index in [0.29, 0.717) is 12.8 Å². The number of nitrogens with two attached hydrogens (primary N) is 1.